The molecule has 0 saturated carbocycles. The minimum absolute atomic E-state index is 0.0861. The van der Waals surface area contributed by atoms with Crippen molar-refractivity contribution in [1.29, 1.82) is 0 Å². The molecule has 1 atom stereocenters. The Labute approximate surface area is 146 Å². The SMILES string of the molecule is CCc1nn(CC)c(CC(NN)c2cc(C)c(Br)s2)c1Br. The summed E-state index contributed by atoms with van der Waals surface area (Å²) in [6.45, 7) is 7.19. The van der Waals surface area contributed by atoms with E-state index in [-0.39, 0.29) is 6.04 Å². The number of hydrazine groups is 1. The van der Waals surface area contributed by atoms with Crippen LogP contribution in [0.5, 0.6) is 0 Å². The van der Waals surface area contributed by atoms with Gasteiger partial charge in [-0.1, -0.05) is 6.92 Å². The van der Waals surface area contributed by atoms with Gasteiger partial charge in [0, 0.05) is 17.8 Å². The van der Waals surface area contributed by atoms with E-state index >= 15 is 0 Å². The summed E-state index contributed by atoms with van der Waals surface area (Å²) in [7, 11) is 0. The van der Waals surface area contributed by atoms with E-state index in [4.69, 9.17) is 5.84 Å². The first kappa shape index (κ1) is 17.1. The molecule has 0 spiro atoms. The Balaban J connectivity index is 2.32. The van der Waals surface area contributed by atoms with Crippen molar-refractivity contribution in [2.45, 2.75) is 46.2 Å². The van der Waals surface area contributed by atoms with Gasteiger partial charge in [0.2, 0.25) is 0 Å². The average molecular weight is 436 g/mol. The van der Waals surface area contributed by atoms with Crippen molar-refractivity contribution in [2.24, 2.45) is 5.84 Å². The summed E-state index contributed by atoms with van der Waals surface area (Å²) in [6, 6.07) is 2.27. The predicted octanol–water partition coefficient (Wildman–Crippen LogP) is 4.11. The van der Waals surface area contributed by atoms with Crippen molar-refractivity contribution >= 4 is 43.2 Å². The second-order valence-corrected chi connectivity index (χ2v) is 8.10. The predicted molar refractivity (Wildman–Crippen MR) is 95.5 cm³/mol. The van der Waals surface area contributed by atoms with Crippen molar-refractivity contribution in [1.82, 2.24) is 15.2 Å². The van der Waals surface area contributed by atoms with Gasteiger partial charge in [-0.15, -0.1) is 11.3 Å². The fourth-order valence-corrected chi connectivity index (χ4v) is 4.66. The van der Waals surface area contributed by atoms with Gasteiger partial charge in [-0.25, -0.2) is 0 Å². The topological polar surface area (TPSA) is 55.9 Å². The molecule has 0 aliphatic carbocycles. The summed E-state index contributed by atoms with van der Waals surface area (Å²) in [5, 5.41) is 4.65. The minimum Gasteiger partial charge on any atom is -0.271 e. The third-order valence-electron chi connectivity index (χ3n) is 3.51. The third kappa shape index (κ3) is 3.59. The van der Waals surface area contributed by atoms with Crippen LogP contribution in [0.2, 0.25) is 0 Å². The lowest BCUT2D eigenvalue weighted by Crippen LogP contribution is -2.29. The number of rotatable bonds is 6. The lowest BCUT2D eigenvalue weighted by atomic mass is 10.1. The van der Waals surface area contributed by atoms with Gasteiger partial charge in [-0.2, -0.15) is 5.10 Å². The van der Waals surface area contributed by atoms with Gasteiger partial charge in [0.05, 0.1) is 25.7 Å². The van der Waals surface area contributed by atoms with Crippen molar-refractivity contribution in [3.8, 4) is 0 Å². The maximum Gasteiger partial charge on any atom is 0.0766 e. The monoisotopic (exact) mass is 434 g/mol. The molecule has 1 unspecified atom stereocenters. The Hall–Kier alpha value is -0.210. The van der Waals surface area contributed by atoms with E-state index in [0.717, 1.165) is 33.3 Å². The highest BCUT2D eigenvalue weighted by atomic mass is 79.9. The molecule has 3 N–H and O–H groups in total. The lowest BCUT2D eigenvalue weighted by Gasteiger charge is -2.15. The standard InChI is InChI=1S/C14H20Br2N4S/c1-4-9-13(15)11(20(5-2)19-9)7-10(18-17)12-6-8(3)14(16)21-12/h6,10,18H,4-5,7,17H2,1-3H3. The molecule has 0 aromatic carbocycles. The molecule has 21 heavy (non-hydrogen) atoms. The van der Waals surface area contributed by atoms with Gasteiger partial charge in [-0.05, 0) is 63.8 Å². The number of hydrogen-bond donors (Lipinski definition) is 2. The fraction of sp³-hybridized carbons (Fsp3) is 0.500. The normalized spacial score (nSPS) is 12.9. The van der Waals surface area contributed by atoms with Crippen LogP contribution in [0, 0.1) is 6.92 Å². The first-order valence-corrected chi connectivity index (χ1v) is 9.38. The van der Waals surface area contributed by atoms with Crippen molar-refractivity contribution < 1.29 is 0 Å². The zero-order valence-electron chi connectivity index (χ0n) is 12.4. The molecule has 2 rings (SSSR count). The molecule has 2 heterocycles. The molecule has 0 saturated heterocycles. The van der Waals surface area contributed by atoms with Crippen LogP contribution in [0.25, 0.3) is 0 Å². The van der Waals surface area contributed by atoms with Crippen LogP contribution in [0.1, 0.15) is 41.7 Å². The molecule has 0 aliphatic rings. The third-order valence-corrected chi connectivity index (χ3v) is 6.68. The first-order valence-electron chi connectivity index (χ1n) is 6.97. The second-order valence-electron chi connectivity index (χ2n) is 4.91. The molecule has 0 amide bonds. The van der Waals surface area contributed by atoms with Crippen LogP contribution < -0.4 is 11.3 Å². The highest BCUT2D eigenvalue weighted by molar-refractivity contribution is 9.11. The Morgan fingerprint density at radius 2 is 2.14 bits per heavy atom. The van der Waals surface area contributed by atoms with E-state index in [2.05, 4.69) is 73.9 Å². The molecule has 0 bridgehead atoms. The molecule has 116 valence electrons. The highest BCUT2D eigenvalue weighted by Crippen LogP contribution is 2.34. The van der Waals surface area contributed by atoms with Crippen LogP contribution in [-0.2, 0) is 19.4 Å². The van der Waals surface area contributed by atoms with Crippen LogP contribution in [0.15, 0.2) is 14.3 Å². The Kier molecular flexibility index (Phi) is 6.02. The van der Waals surface area contributed by atoms with E-state index in [1.54, 1.807) is 11.3 Å². The number of aryl methyl sites for hydroxylation is 3. The molecule has 2 aromatic heterocycles. The van der Waals surface area contributed by atoms with E-state index in [1.165, 1.54) is 16.1 Å². The molecule has 4 nitrogen and oxygen atoms in total. The van der Waals surface area contributed by atoms with Crippen molar-refractivity contribution in [3.05, 3.63) is 36.2 Å². The lowest BCUT2D eigenvalue weighted by molar-refractivity contribution is 0.521. The molecule has 0 aliphatic heterocycles. The minimum atomic E-state index is 0.0861. The molecule has 0 fully saturated rings. The average Bonchev–Trinajstić information content (AvgIpc) is 2.96. The second kappa shape index (κ2) is 7.37. The largest absolute Gasteiger partial charge is 0.271 e. The zero-order valence-corrected chi connectivity index (χ0v) is 16.4. The van der Waals surface area contributed by atoms with Gasteiger partial charge in [0.1, 0.15) is 0 Å². The Morgan fingerprint density at radius 3 is 2.62 bits per heavy atom. The van der Waals surface area contributed by atoms with Gasteiger partial charge >= 0.3 is 0 Å². The van der Waals surface area contributed by atoms with E-state index < -0.39 is 0 Å². The number of nitrogens with zero attached hydrogens (tertiary/aromatic N) is 2. The van der Waals surface area contributed by atoms with Crippen LogP contribution in [0.3, 0.4) is 0 Å². The Bertz CT molecular complexity index is 601. The number of nitrogens with two attached hydrogens (primary N) is 1. The number of halogens is 2. The Morgan fingerprint density at radius 1 is 1.43 bits per heavy atom. The van der Waals surface area contributed by atoms with E-state index in [0.29, 0.717) is 0 Å². The number of thiophene rings is 1. The molecule has 2 aromatic rings. The summed E-state index contributed by atoms with van der Waals surface area (Å²) >= 11 is 9.00. The molecule has 7 heteroatoms. The number of aromatic nitrogens is 2. The van der Waals surface area contributed by atoms with Gasteiger partial charge < -0.3 is 0 Å². The summed E-state index contributed by atoms with van der Waals surface area (Å²) in [5.41, 5.74) is 6.48. The fourth-order valence-electron chi connectivity index (χ4n) is 2.30. The quantitative estimate of drug-likeness (QED) is 0.530. The zero-order chi connectivity index (χ0) is 15.6. The molecular formula is C14H20Br2N4S. The summed E-state index contributed by atoms with van der Waals surface area (Å²) in [5.74, 6) is 5.79. The smallest absolute Gasteiger partial charge is 0.0766 e. The van der Waals surface area contributed by atoms with Crippen LogP contribution in [-0.4, -0.2) is 9.78 Å². The number of hydrogen-bond acceptors (Lipinski definition) is 4. The first-order chi connectivity index (χ1) is 10.0. The molecule has 0 radical (unpaired) electrons. The highest BCUT2D eigenvalue weighted by Gasteiger charge is 2.21. The maximum atomic E-state index is 5.79. The van der Waals surface area contributed by atoms with Gasteiger partial charge in [0.25, 0.3) is 0 Å². The number of nitrogens with one attached hydrogen (secondary N) is 1. The van der Waals surface area contributed by atoms with Gasteiger partial charge in [-0.3, -0.25) is 16.0 Å². The summed E-state index contributed by atoms with van der Waals surface area (Å²) in [6.07, 6.45) is 1.73. The van der Waals surface area contributed by atoms with Crippen molar-refractivity contribution in [3.63, 3.8) is 0 Å². The molecular weight excluding hydrogens is 416 g/mol. The van der Waals surface area contributed by atoms with Gasteiger partial charge in [0.15, 0.2) is 0 Å². The summed E-state index contributed by atoms with van der Waals surface area (Å²) in [4.78, 5) is 1.23. The maximum absolute atomic E-state index is 5.79. The van der Waals surface area contributed by atoms with E-state index in [1.807, 2.05) is 0 Å². The summed E-state index contributed by atoms with van der Waals surface area (Å²) < 4.78 is 4.33. The van der Waals surface area contributed by atoms with Crippen molar-refractivity contribution in [2.75, 3.05) is 0 Å². The van der Waals surface area contributed by atoms with E-state index in [9.17, 15) is 0 Å². The van der Waals surface area contributed by atoms with Crippen LogP contribution >= 0.6 is 43.2 Å². The van der Waals surface area contributed by atoms with Crippen LogP contribution in [0.4, 0.5) is 0 Å².